The lowest BCUT2D eigenvalue weighted by molar-refractivity contribution is -0.153. The van der Waals surface area contributed by atoms with Gasteiger partial charge in [0.25, 0.3) is 0 Å². The van der Waals surface area contributed by atoms with Gasteiger partial charge >= 0.3 is 0 Å². The summed E-state index contributed by atoms with van der Waals surface area (Å²) in [5.41, 5.74) is 6.23. The van der Waals surface area contributed by atoms with Crippen LogP contribution < -0.4 is 10.9 Å². The van der Waals surface area contributed by atoms with Crippen LogP contribution in [-0.4, -0.2) is 40.7 Å². The van der Waals surface area contributed by atoms with E-state index < -0.39 is 0 Å². The van der Waals surface area contributed by atoms with Gasteiger partial charge in [0.1, 0.15) is 6.04 Å². The number of nitrogens with one attached hydrogen (secondary N) is 2. The van der Waals surface area contributed by atoms with E-state index in [1.807, 2.05) is 10.0 Å². The zero-order valence-corrected chi connectivity index (χ0v) is 9.00. The van der Waals surface area contributed by atoms with Crippen molar-refractivity contribution in [2.24, 2.45) is 0 Å². The fourth-order valence-electron chi connectivity index (χ4n) is 1.93. The highest BCUT2D eigenvalue weighted by atomic mass is 16.2. The lowest BCUT2D eigenvalue weighted by Crippen LogP contribution is -2.66. The van der Waals surface area contributed by atoms with Gasteiger partial charge in [-0.2, -0.15) is 5.12 Å². The molecule has 2 aliphatic heterocycles. The number of hydrogen-bond donors (Lipinski definition) is 2. The van der Waals surface area contributed by atoms with Crippen LogP contribution in [0.1, 0.15) is 27.2 Å². The summed E-state index contributed by atoms with van der Waals surface area (Å²) in [5.74, 6) is 0.223. The SMILES string of the molecule is CC(C)(C)N1CNN2NCCC2C1=O. The Labute approximate surface area is 84.4 Å². The number of nitrogens with zero attached hydrogens (tertiary/aromatic N) is 2. The van der Waals surface area contributed by atoms with Crippen LogP contribution >= 0.6 is 0 Å². The molecule has 0 aromatic carbocycles. The van der Waals surface area contributed by atoms with E-state index in [9.17, 15) is 4.79 Å². The number of carbonyl (C=O) groups is 1. The molecule has 2 fully saturated rings. The van der Waals surface area contributed by atoms with Gasteiger partial charge < -0.3 is 4.90 Å². The molecule has 80 valence electrons. The third-order valence-electron chi connectivity index (χ3n) is 2.77. The minimum Gasteiger partial charge on any atom is -0.322 e. The van der Waals surface area contributed by atoms with Gasteiger partial charge in [-0.05, 0) is 27.2 Å². The fraction of sp³-hybridized carbons (Fsp3) is 0.889. The molecule has 1 atom stereocenters. The van der Waals surface area contributed by atoms with Crippen molar-refractivity contribution in [1.29, 1.82) is 0 Å². The van der Waals surface area contributed by atoms with Gasteiger partial charge in [0.2, 0.25) is 5.91 Å². The lowest BCUT2D eigenvalue weighted by atomic mass is 10.0. The summed E-state index contributed by atoms with van der Waals surface area (Å²) in [6.07, 6.45) is 0.887. The topological polar surface area (TPSA) is 47.6 Å². The molecule has 0 aromatic rings. The minimum atomic E-state index is -0.0984. The molecule has 2 N–H and O–H groups in total. The van der Waals surface area contributed by atoms with Gasteiger partial charge in [0.05, 0.1) is 6.67 Å². The number of hydrazine groups is 2. The van der Waals surface area contributed by atoms with Crippen molar-refractivity contribution < 1.29 is 4.79 Å². The second-order valence-corrected chi connectivity index (χ2v) is 4.84. The number of fused-ring (bicyclic) bond motifs is 1. The third kappa shape index (κ3) is 1.51. The minimum absolute atomic E-state index is 0.0250. The maximum atomic E-state index is 12.1. The molecule has 2 heterocycles. The van der Waals surface area contributed by atoms with Gasteiger partial charge in [-0.3, -0.25) is 4.79 Å². The van der Waals surface area contributed by atoms with Crippen LogP contribution in [0.25, 0.3) is 0 Å². The first-order valence-electron chi connectivity index (χ1n) is 5.08. The molecule has 0 spiro atoms. The Balaban J connectivity index is 2.13. The first-order valence-corrected chi connectivity index (χ1v) is 5.08. The van der Waals surface area contributed by atoms with Crippen molar-refractivity contribution in [2.45, 2.75) is 38.8 Å². The van der Waals surface area contributed by atoms with Gasteiger partial charge in [-0.25, -0.2) is 10.9 Å². The molecule has 0 bridgehead atoms. The molecule has 2 aliphatic rings. The highest BCUT2D eigenvalue weighted by Gasteiger charge is 2.41. The quantitative estimate of drug-likeness (QED) is 0.559. The van der Waals surface area contributed by atoms with E-state index in [-0.39, 0.29) is 17.5 Å². The molecule has 2 rings (SSSR count). The number of amides is 1. The summed E-state index contributed by atoms with van der Waals surface area (Å²) in [7, 11) is 0. The van der Waals surface area contributed by atoms with Crippen LogP contribution in [0, 0.1) is 0 Å². The zero-order valence-electron chi connectivity index (χ0n) is 9.00. The summed E-state index contributed by atoms with van der Waals surface area (Å²) >= 11 is 0. The smallest absolute Gasteiger partial charge is 0.244 e. The predicted molar refractivity (Wildman–Crippen MR) is 52.8 cm³/mol. The maximum absolute atomic E-state index is 12.1. The summed E-state index contributed by atoms with van der Waals surface area (Å²) in [5, 5.41) is 1.84. The summed E-state index contributed by atoms with van der Waals surface area (Å²) in [6.45, 7) is 7.65. The van der Waals surface area contributed by atoms with Crippen LogP contribution in [0.3, 0.4) is 0 Å². The lowest BCUT2D eigenvalue weighted by Gasteiger charge is -2.43. The van der Waals surface area contributed by atoms with Crippen LogP contribution in [0.5, 0.6) is 0 Å². The molecule has 0 saturated carbocycles. The second kappa shape index (κ2) is 3.18. The molecule has 0 aromatic heterocycles. The maximum Gasteiger partial charge on any atom is 0.244 e. The van der Waals surface area contributed by atoms with Gasteiger partial charge in [0.15, 0.2) is 0 Å². The largest absolute Gasteiger partial charge is 0.322 e. The Morgan fingerprint density at radius 1 is 1.36 bits per heavy atom. The Morgan fingerprint density at radius 2 is 2.07 bits per heavy atom. The average Bonchev–Trinajstić information content (AvgIpc) is 2.50. The van der Waals surface area contributed by atoms with E-state index in [0.29, 0.717) is 6.67 Å². The van der Waals surface area contributed by atoms with E-state index in [1.165, 1.54) is 0 Å². The molecule has 14 heavy (non-hydrogen) atoms. The van der Waals surface area contributed by atoms with Crippen LogP contribution in [0.2, 0.25) is 0 Å². The van der Waals surface area contributed by atoms with E-state index in [1.54, 1.807) is 0 Å². The first kappa shape index (κ1) is 9.89. The number of carbonyl (C=O) groups excluding carboxylic acids is 1. The zero-order chi connectivity index (χ0) is 10.3. The van der Waals surface area contributed by atoms with Gasteiger partial charge in [-0.1, -0.05) is 0 Å². The van der Waals surface area contributed by atoms with E-state index in [2.05, 4.69) is 31.6 Å². The summed E-state index contributed by atoms with van der Waals surface area (Å²) < 4.78 is 0. The normalized spacial score (nSPS) is 29.5. The Kier molecular flexibility index (Phi) is 2.25. The van der Waals surface area contributed by atoms with Crippen molar-refractivity contribution in [3.63, 3.8) is 0 Å². The monoisotopic (exact) mass is 198 g/mol. The molecule has 5 nitrogen and oxygen atoms in total. The Hall–Kier alpha value is -0.650. The molecule has 2 saturated heterocycles. The molecule has 1 unspecified atom stereocenters. The average molecular weight is 198 g/mol. The number of hydrogen-bond acceptors (Lipinski definition) is 4. The van der Waals surface area contributed by atoms with Crippen LogP contribution in [-0.2, 0) is 4.79 Å². The van der Waals surface area contributed by atoms with Crippen LogP contribution in [0.15, 0.2) is 0 Å². The molecular formula is C9H18N4O. The molecule has 5 heteroatoms. The standard InChI is InChI=1S/C9H18N4O/c1-9(2,3)12-6-11-13-7(8(12)14)4-5-10-13/h7,10-11H,4-6H2,1-3H3. The van der Waals surface area contributed by atoms with Crippen molar-refractivity contribution in [3.8, 4) is 0 Å². The second-order valence-electron chi connectivity index (χ2n) is 4.84. The molecule has 1 amide bonds. The van der Waals surface area contributed by atoms with Gasteiger partial charge in [-0.15, -0.1) is 0 Å². The Morgan fingerprint density at radius 3 is 2.71 bits per heavy atom. The van der Waals surface area contributed by atoms with Crippen molar-refractivity contribution in [2.75, 3.05) is 13.2 Å². The molecule has 0 aliphatic carbocycles. The van der Waals surface area contributed by atoms with E-state index in [0.717, 1.165) is 13.0 Å². The number of rotatable bonds is 0. The van der Waals surface area contributed by atoms with Crippen molar-refractivity contribution in [3.05, 3.63) is 0 Å². The Bertz CT molecular complexity index is 248. The van der Waals surface area contributed by atoms with Crippen molar-refractivity contribution >= 4 is 5.91 Å². The van der Waals surface area contributed by atoms with Gasteiger partial charge in [0, 0.05) is 12.1 Å². The highest BCUT2D eigenvalue weighted by molar-refractivity contribution is 5.83. The summed E-state index contributed by atoms with van der Waals surface area (Å²) in [6, 6.07) is -0.0250. The highest BCUT2D eigenvalue weighted by Crippen LogP contribution is 2.21. The van der Waals surface area contributed by atoms with Crippen molar-refractivity contribution in [1.82, 2.24) is 20.9 Å². The molecular weight excluding hydrogens is 180 g/mol. The third-order valence-corrected chi connectivity index (χ3v) is 2.77. The molecule has 0 radical (unpaired) electrons. The first-order chi connectivity index (χ1) is 6.50. The predicted octanol–water partition coefficient (Wildman–Crippen LogP) is -0.332. The van der Waals surface area contributed by atoms with E-state index >= 15 is 0 Å². The van der Waals surface area contributed by atoms with Crippen LogP contribution in [0.4, 0.5) is 0 Å². The fourth-order valence-corrected chi connectivity index (χ4v) is 1.93. The summed E-state index contributed by atoms with van der Waals surface area (Å²) in [4.78, 5) is 13.9. The van der Waals surface area contributed by atoms with E-state index in [4.69, 9.17) is 0 Å².